The van der Waals surface area contributed by atoms with Crippen LogP contribution < -0.4 is 10.9 Å². The third-order valence-corrected chi connectivity index (χ3v) is 6.22. The Kier molecular flexibility index (Phi) is 4.87. The molecule has 160 valence electrons. The van der Waals surface area contributed by atoms with Gasteiger partial charge in [-0.2, -0.15) is 10.4 Å². The van der Waals surface area contributed by atoms with E-state index in [-0.39, 0.29) is 28.4 Å². The number of hydrogen-bond donors (Lipinski definition) is 2. The maximum atomic E-state index is 14.9. The fraction of sp³-hybridized carbons (Fsp3) is 0.227. The molecule has 0 spiro atoms. The first-order valence-corrected chi connectivity index (χ1v) is 10.3. The number of anilines is 1. The van der Waals surface area contributed by atoms with Crippen molar-refractivity contribution in [2.75, 3.05) is 5.32 Å². The minimum Gasteiger partial charge on any atom is -0.313 e. The third-order valence-electron chi connectivity index (χ3n) is 5.91. The molecule has 0 aliphatic carbocycles. The highest BCUT2D eigenvalue weighted by Gasteiger charge is 2.44. The number of urea groups is 1. The highest BCUT2D eigenvalue weighted by Crippen LogP contribution is 2.42. The van der Waals surface area contributed by atoms with Crippen molar-refractivity contribution in [3.63, 3.8) is 0 Å². The third kappa shape index (κ3) is 3.39. The number of pyridine rings is 1. The van der Waals surface area contributed by atoms with Crippen LogP contribution in [0.4, 0.5) is 14.9 Å². The van der Waals surface area contributed by atoms with E-state index in [0.29, 0.717) is 35.2 Å². The maximum absolute atomic E-state index is 14.9. The Morgan fingerprint density at radius 2 is 2.12 bits per heavy atom. The van der Waals surface area contributed by atoms with Crippen LogP contribution in [0.1, 0.15) is 35.7 Å². The summed E-state index contributed by atoms with van der Waals surface area (Å²) in [5.74, 6) is -0.660. The number of halogens is 2. The normalized spacial score (nSPS) is 18.7. The van der Waals surface area contributed by atoms with Crippen molar-refractivity contribution in [1.82, 2.24) is 20.1 Å². The zero-order valence-corrected chi connectivity index (χ0v) is 17.4. The molecule has 0 saturated carbocycles. The van der Waals surface area contributed by atoms with E-state index in [0.717, 1.165) is 12.0 Å². The number of H-pyrrole nitrogens is 1. The van der Waals surface area contributed by atoms with Gasteiger partial charge < -0.3 is 10.2 Å². The molecule has 3 aromatic rings. The highest BCUT2D eigenvalue weighted by atomic mass is 35.5. The summed E-state index contributed by atoms with van der Waals surface area (Å²) in [4.78, 5) is 30.3. The van der Waals surface area contributed by atoms with Gasteiger partial charge in [-0.3, -0.25) is 9.78 Å². The topological polar surface area (TPSA) is 115 Å². The van der Waals surface area contributed by atoms with Crippen molar-refractivity contribution in [1.29, 1.82) is 5.26 Å². The predicted molar refractivity (Wildman–Crippen MR) is 115 cm³/mol. The van der Waals surface area contributed by atoms with Crippen LogP contribution in [-0.4, -0.2) is 32.2 Å². The number of amides is 2. The zero-order valence-electron chi connectivity index (χ0n) is 16.6. The summed E-state index contributed by atoms with van der Waals surface area (Å²) in [6.45, 7) is 0. The Labute approximate surface area is 186 Å². The Bertz CT molecular complexity index is 1350. The van der Waals surface area contributed by atoms with Crippen LogP contribution in [0, 0.1) is 17.1 Å². The summed E-state index contributed by atoms with van der Waals surface area (Å²) in [6, 6.07) is 6.81. The molecule has 2 amide bonds. The molecular weight excluding hydrogens is 435 g/mol. The summed E-state index contributed by atoms with van der Waals surface area (Å²) in [6.07, 6.45) is 4.90. The van der Waals surface area contributed by atoms with Gasteiger partial charge in [-0.05, 0) is 43.0 Å². The number of nitrogens with one attached hydrogen (secondary N) is 2. The summed E-state index contributed by atoms with van der Waals surface area (Å²) < 4.78 is 14.9. The van der Waals surface area contributed by atoms with Gasteiger partial charge in [0.25, 0.3) is 5.56 Å². The lowest BCUT2D eigenvalue weighted by Crippen LogP contribution is -2.45. The van der Waals surface area contributed by atoms with Gasteiger partial charge in [0, 0.05) is 35.6 Å². The molecule has 2 aromatic heterocycles. The summed E-state index contributed by atoms with van der Waals surface area (Å²) in [5.41, 5.74) is 2.39. The number of nitrogens with zero attached hydrogens (tertiary/aromatic N) is 4. The standard InChI is InChI=1S/C22H16ClFN6O2/c23-16-7-18(17(24)6-15(16)13-3-11(8-25)9-26-10-13)27-22(32)30-14-1-2-19(30)21-12(4-14)5-20(31)28-29-21/h3,5-7,9-10,14,19H,1-2,4H2,(H,27,32)(H,28,31)/t14-,19?/m0/s1. The number of aromatic nitrogens is 3. The smallest absolute Gasteiger partial charge is 0.313 e. The van der Waals surface area contributed by atoms with Crippen molar-refractivity contribution in [2.45, 2.75) is 31.3 Å². The van der Waals surface area contributed by atoms with Crippen LogP contribution >= 0.6 is 11.6 Å². The van der Waals surface area contributed by atoms with Crippen LogP contribution in [0.3, 0.4) is 0 Å². The molecule has 0 radical (unpaired) electrons. The second kappa shape index (κ2) is 7.73. The summed E-state index contributed by atoms with van der Waals surface area (Å²) >= 11 is 6.37. The predicted octanol–water partition coefficient (Wildman–Crippen LogP) is 3.79. The molecule has 8 nitrogen and oxygen atoms in total. The number of hydrogen-bond acceptors (Lipinski definition) is 5. The summed E-state index contributed by atoms with van der Waals surface area (Å²) in [7, 11) is 0. The van der Waals surface area contributed by atoms with Gasteiger partial charge in [-0.1, -0.05) is 11.6 Å². The number of benzene rings is 1. The first kappa shape index (κ1) is 20.2. The molecular formula is C22H16ClFN6O2. The zero-order chi connectivity index (χ0) is 22.4. The fourth-order valence-electron chi connectivity index (χ4n) is 4.51. The highest BCUT2D eigenvalue weighted by molar-refractivity contribution is 6.33. The van der Waals surface area contributed by atoms with E-state index in [1.807, 2.05) is 6.07 Å². The van der Waals surface area contributed by atoms with Crippen LogP contribution in [0.5, 0.6) is 0 Å². The van der Waals surface area contributed by atoms with E-state index >= 15 is 0 Å². The van der Waals surface area contributed by atoms with Crippen LogP contribution in [-0.2, 0) is 6.42 Å². The van der Waals surface area contributed by atoms with Crippen LogP contribution in [0.15, 0.2) is 41.5 Å². The van der Waals surface area contributed by atoms with Gasteiger partial charge in [-0.25, -0.2) is 14.3 Å². The average Bonchev–Trinajstić information content (AvgIpc) is 3.11. The van der Waals surface area contributed by atoms with Crippen molar-refractivity contribution >= 4 is 23.3 Å². The first-order chi connectivity index (χ1) is 15.4. The van der Waals surface area contributed by atoms with Gasteiger partial charge >= 0.3 is 6.03 Å². The molecule has 2 atom stereocenters. The molecule has 4 heterocycles. The molecule has 2 bridgehead atoms. The van der Waals surface area contributed by atoms with Crippen molar-refractivity contribution in [3.8, 4) is 17.2 Å². The lowest BCUT2D eigenvalue weighted by Gasteiger charge is -2.35. The van der Waals surface area contributed by atoms with E-state index in [1.54, 1.807) is 11.0 Å². The van der Waals surface area contributed by atoms with Crippen LogP contribution in [0.25, 0.3) is 11.1 Å². The van der Waals surface area contributed by atoms with Gasteiger partial charge in [0.2, 0.25) is 0 Å². The number of fused-ring (bicyclic) bond motifs is 4. The molecule has 5 rings (SSSR count). The average molecular weight is 451 g/mol. The Morgan fingerprint density at radius 1 is 1.28 bits per heavy atom. The van der Waals surface area contributed by atoms with E-state index in [4.69, 9.17) is 16.9 Å². The first-order valence-electron chi connectivity index (χ1n) is 9.97. The van der Waals surface area contributed by atoms with Crippen molar-refractivity contribution in [2.24, 2.45) is 0 Å². The Balaban J connectivity index is 1.42. The fourth-order valence-corrected chi connectivity index (χ4v) is 4.78. The molecule has 1 aromatic carbocycles. The monoisotopic (exact) mass is 450 g/mol. The van der Waals surface area contributed by atoms with E-state index < -0.39 is 11.8 Å². The van der Waals surface area contributed by atoms with E-state index in [2.05, 4.69) is 20.5 Å². The molecule has 2 N–H and O–H groups in total. The number of nitriles is 1. The minimum atomic E-state index is -0.660. The van der Waals surface area contributed by atoms with Crippen molar-refractivity contribution < 1.29 is 9.18 Å². The van der Waals surface area contributed by atoms with E-state index in [9.17, 15) is 14.0 Å². The SMILES string of the molecule is N#Cc1cncc(-c2cc(F)c(NC(=O)N3C4CC[C@H]3Cc3cc(=O)[nH]nc34)cc2Cl)c1. The largest absolute Gasteiger partial charge is 0.322 e. The molecule has 1 fully saturated rings. The number of carbonyl (C=O) groups excluding carboxylic acids is 1. The molecule has 10 heteroatoms. The molecule has 1 unspecified atom stereocenters. The maximum Gasteiger partial charge on any atom is 0.322 e. The molecule has 2 aliphatic rings. The lowest BCUT2D eigenvalue weighted by molar-refractivity contribution is 0.177. The number of carbonyl (C=O) groups is 1. The van der Waals surface area contributed by atoms with Gasteiger partial charge in [-0.15, -0.1) is 0 Å². The van der Waals surface area contributed by atoms with Crippen LogP contribution in [0.2, 0.25) is 5.02 Å². The van der Waals surface area contributed by atoms with Gasteiger partial charge in [0.05, 0.1) is 28.0 Å². The number of rotatable bonds is 2. The van der Waals surface area contributed by atoms with Crippen molar-refractivity contribution in [3.05, 3.63) is 74.7 Å². The Morgan fingerprint density at radius 3 is 2.94 bits per heavy atom. The quantitative estimate of drug-likeness (QED) is 0.616. The molecule has 2 aliphatic heterocycles. The Hall–Kier alpha value is -3.77. The van der Waals surface area contributed by atoms with E-state index in [1.165, 1.54) is 30.6 Å². The molecule has 1 saturated heterocycles. The minimum absolute atomic E-state index is 0.0484. The lowest BCUT2D eigenvalue weighted by atomic mass is 9.99. The van der Waals surface area contributed by atoms with Gasteiger partial charge in [0.1, 0.15) is 11.9 Å². The second-order valence-corrected chi connectivity index (χ2v) is 8.22. The number of aromatic amines is 1. The summed E-state index contributed by atoms with van der Waals surface area (Å²) in [5, 5.41) is 18.5. The second-order valence-electron chi connectivity index (χ2n) is 7.82. The molecule has 32 heavy (non-hydrogen) atoms. The van der Waals surface area contributed by atoms with Gasteiger partial charge in [0.15, 0.2) is 0 Å².